The molecule has 1 heterocycles. The van der Waals surface area contributed by atoms with Crippen molar-refractivity contribution in [2.45, 2.75) is 46.2 Å². The highest BCUT2D eigenvalue weighted by molar-refractivity contribution is 5.94. The van der Waals surface area contributed by atoms with E-state index in [9.17, 15) is 4.79 Å². The quantitative estimate of drug-likeness (QED) is 0.596. The lowest BCUT2D eigenvalue weighted by Gasteiger charge is -2.36. The molecule has 1 aliphatic carbocycles. The highest BCUT2D eigenvalue weighted by atomic mass is 16.5. The minimum absolute atomic E-state index is 0.0960. The van der Waals surface area contributed by atoms with Crippen LogP contribution >= 0.6 is 0 Å². The average Bonchev–Trinajstić information content (AvgIpc) is 3.15. The summed E-state index contributed by atoms with van der Waals surface area (Å²) in [7, 11) is 1.68. The first kappa shape index (κ1) is 20.4. The minimum Gasteiger partial charge on any atom is -0.497 e. The number of hydrogen-bond donors (Lipinski definition) is 1. The predicted molar refractivity (Wildman–Crippen MR) is 118 cm³/mol. The van der Waals surface area contributed by atoms with Crippen LogP contribution < -0.4 is 10.1 Å². The average molecular weight is 404 g/mol. The van der Waals surface area contributed by atoms with Crippen molar-refractivity contribution in [2.24, 2.45) is 5.41 Å². The van der Waals surface area contributed by atoms with Crippen LogP contribution in [0.1, 0.15) is 60.4 Å². The van der Waals surface area contributed by atoms with E-state index >= 15 is 0 Å². The summed E-state index contributed by atoms with van der Waals surface area (Å²) >= 11 is 0. The lowest BCUT2D eigenvalue weighted by molar-refractivity contribution is 0.101. The summed E-state index contributed by atoms with van der Waals surface area (Å²) < 4.78 is 7.34. The first-order chi connectivity index (χ1) is 14.4. The molecule has 1 unspecified atom stereocenters. The standard InChI is InChI=1S/C25H29N3O2/c1-17(29)19-7-5-6-18(12-19)15-26-23-13-25(2,3)14-24-22(23)16-27-28(24)20-8-10-21(30-4)11-9-20/h5-12,16,23,26H,13-15H2,1-4H3. The molecule has 2 aromatic carbocycles. The second-order valence-corrected chi connectivity index (χ2v) is 8.89. The molecule has 3 aromatic rings. The van der Waals surface area contributed by atoms with E-state index in [0.29, 0.717) is 0 Å². The molecule has 5 heteroatoms. The van der Waals surface area contributed by atoms with E-state index in [2.05, 4.69) is 29.9 Å². The Morgan fingerprint density at radius 3 is 2.70 bits per heavy atom. The number of nitrogens with one attached hydrogen (secondary N) is 1. The third-order valence-corrected chi connectivity index (χ3v) is 5.88. The van der Waals surface area contributed by atoms with Crippen LogP contribution in [-0.2, 0) is 13.0 Å². The van der Waals surface area contributed by atoms with E-state index in [4.69, 9.17) is 9.84 Å². The zero-order valence-corrected chi connectivity index (χ0v) is 18.1. The van der Waals surface area contributed by atoms with Gasteiger partial charge in [0.2, 0.25) is 0 Å². The van der Waals surface area contributed by atoms with Gasteiger partial charge in [0.25, 0.3) is 0 Å². The van der Waals surface area contributed by atoms with Crippen molar-refractivity contribution in [1.29, 1.82) is 0 Å². The SMILES string of the molecule is COc1ccc(-n2ncc3c2CC(C)(C)CC3NCc2cccc(C(C)=O)c2)cc1. The van der Waals surface area contributed by atoms with Gasteiger partial charge in [-0.1, -0.05) is 32.0 Å². The summed E-state index contributed by atoms with van der Waals surface area (Å²) in [6.07, 6.45) is 4.02. The maximum atomic E-state index is 11.7. The van der Waals surface area contributed by atoms with Gasteiger partial charge < -0.3 is 10.1 Å². The van der Waals surface area contributed by atoms with Gasteiger partial charge in [0.1, 0.15) is 5.75 Å². The molecule has 0 saturated heterocycles. The van der Waals surface area contributed by atoms with Gasteiger partial charge in [-0.2, -0.15) is 5.10 Å². The molecule has 1 atom stereocenters. The van der Waals surface area contributed by atoms with E-state index in [1.54, 1.807) is 14.0 Å². The summed E-state index contributed by atoms with van der Waals surface area (Å²) in [5.41, 5.74) is 5.60. The first-order valence-electron chi connectivity index (χ1n) is 10.4. The molecule has 4 rings (SSSR count). The van der Waals surface area contributed by atoms with Gasteiger partial charge in [0.05, 0.1) is 19.0 Å². The molecule has 1 aliphatic rings. The Labute approximate surface area is 178 Å². The number of ether oxygens (including phenoxy) is 1. The fourth-order valence-electron chi connectivity index (χ4n) is 4.31. The van der Waals surface area contributed by atoms with Crippen LogP contribution in [0.25, 0.3) is 5.69 Å². The molecule has 30 heavy (non-hydrogen) atoms. The monoisotopic (exact) mass is 403 g/mol. The Morgan fingerprint density at radius 2 is 2.00 bits per heavy atom. The molecule has 1 aromatic heterocycles. The van der Waals surface area contributed by atoms with Crippen LogP contribution in [-0.4, -0.2) is 22.7 Å². The minimum atomic E-state index is 0.0960. The number of nitrogens with zero attached hydrogens (tertiary/aromatic N) is 2. The van der Waals surface area contributed by atoms with E-state index in [1.807, 2.05) is 48.7 Å². The van der Waals surface area contributed by atoms with Crippen LogP contribution in [0, 0.1) is 5.41 Å². The van der Waals surface area contributed by atoms with Crippen molar-refractivity contribution < 1.29 is 9.53 Å². The van der Waals surface area contributed by atoms with Gasteiger partial charge in [-0.25, -0.2) is 4.68 Å². The number of methoxy groups -OCH3 is 1. The maximum absolute atomic E-state index is 11.7. The Morgan fingerprint density at radius 1 is 1.23 bits per heavy atom. The van der Waals surface area contributed by atoms with Crippen LogP contribution in [0.5, 0.6) is 5.75 Å². The molecule has 5 nitrogen and oxygen atoms in total. The summed E-state index contributed by atoms with van der Waals surface area (Å²) in [6.45, 7) is 6.95. The van der Waals surface area contributed by atoms with Crippen molar-refractivity contribution in [3.63, 3.8) is 0 Å². The van der Waals surface area contributed by atoms with E-state index in [1.165, 1.54) is 11.3 Å². The fraction of sp³-hybridized carbons (Fsp3) is 0.360. The van der Waals surface area contributed by atoms with Crippen molar-refractivity contribution in [3.05, 3.63) is 77.1 Å². The Hall–Kier alpha value is -2.92. The largest absolute Gasteiger partial charge is 0.497 e. The third kappa shape index (κ3) is 4.17. The predicted octanol–water partition coefficient (Wildman–Crippen LogP) is 4.89. The molecular formula is C25H29N3O2. The number of carbonyl (C=O) groups is 1. The van der Waals surface area contributed by atoms with Crippen LogP contribution in [0.3, 0.4) is 0 Å². The number of rotatable bonds is 6. The van der Waals surface area contributed by atoms with Gasteiger partial charge in [-0.3, -0.25) is 4.79 Å². The fourth-order valence-corrected chi connectivity index (χ4v) is 4.31. The molecular weight excluding hydrogens is 374 g/mol. The van der Waals surface area contributed by atoms with Crippen molar-refractivity contribution in [2.75, 3.05) is 7.11 Å². The molecule has 0 fully saturated rings. The Kier molecular flexibility index (Phi) is 5.48. The summed E-state index contributed by atoms with van der Waals surface area (Å²) in [4.78, 5) is 11.7. The number of carbonyl (C=O) groups excluding carboxylic acids is 1. The van der Waals surface area contributed by atoms with Gasteiger partial charge in [-0.15, -0.1) is 0 Å². The summed E-state index contributed by atoms with van der Waals surface area (Å²) in [5, 5.41) is 8.44. The second kappa shape index (κ2) is 8.07. The van der Waals surface area contributed by atoms with Crippen LogP contribution in [0.4, 0.5) is 0 Å². The van der Waals surface area contributed by atoms with E-state index in [0.717, 1.165) is 42.0 Å². The third-order valence-electron chi connectivity index (χ3n) is 5.88. The van der Waals surface area contributed by atoms with Gasteiger partial charge >= 0.3 is 0 Å². The topological polar surface area (TPSA) is 56.1 Å². The molecule has 1 N–H and O–H groups in total. The summed E-state index contributed by atoms with van der Waals surface area (Å²) in [6, 6.07) is 16.1. The Balaban J connectivity index is 1.60. The zero-order chi connectivity index (χ0) is 21.3. The molecule has 0 radical (unpaired) electrons. The highest BCUT2D eigenvalue weighted by Crippen LogP contribution is 2.41. The zero-order valence-electron chi connectivity index (χ0n) is 18.1. The summed E-state index contributed by atoms with van der Waals surface area (Å²) in [5.74, 6) is 0.936. The molecule has 0 spiro atoms. The highest BCUT2D eigenvalue weighted by Gasteiger charge is 2.35. The lowest BCUT2D eigenvalue weighted by atomic mass is 9.74. The van der Waals surface area contributed by atoms with Crippen molar-refractivity contribution in [3.8, 4) is 11.4 Å². The van der Waals surface area contributed by atoms with E-state index in [-0.39, 0.29) is 17.2 Å². The molecule has 0 saturated carbocycles. The van der Waals surface area contributed by atoms with Crippen molar-refractivity contribution >= 4 is 5.78 Å². The lowest BCUT2D eigenvalue weighted by Crippen LogP contribution is -2.33. The first-order valence-corrected chi connectivity index (χ1v) is 10.4. The molecule has 156 valence electrons. The Bertz CT molecular complexity index is 1050. The second-order valence-electron chi connectivity index (χ2n) is 8.89. The maximum Gasteiger partial charge on any atom is 0.159 e. The van der Waals surface area contributed by atoms with Gasteiger partial charge in [0, 0.05) is 29.4 Å². The van der Waals surface area contributed by atoms with Gasteiger partial charge in [0.15, 0.2) is 5.78 Å². The molecule has 0 amide bonds. The normalized spacial score (nSPS) is 17.4. The number of fused-ring (bicyclic) bond motifs is 1. The molecule has 0 aliphatic heterocycles. The number of ketones is 1. The smallest absolute Gasteiger partial charge is 0.159 e. The van der Waals surface area contributed by atoms with Crippen LogP contribution in [0.15, 0.2) is 54.7 Å². The van der Waals surface area contributed by atoms with E-state index < -0.39 is 0 Å². The number of aromatic nitrogens is 2. The molecule has 0 bridgehead atoms. The van der Waals surface area contributed by atoms with Gasteiger partial charge in [-0.05, 0) is 61.1 Å². The number of Topliss-reactive ketones (excluding diaryl/α,β-unsaturated/α-hetero) is 1. The van der Waals surface area contributed by atoms with Crippen LogP contribution in [0.2, 0.25) is 0 Å². The van der Waals surface area contributed by atoms with Crippen molar-refractivity contribution in [1.82, 2.24) is 15.1 Å². The number of benzene rings is 2. The number of hydrogen-bond acceptors (Lipinski definition) is 4.